The van der Waals surface area contributed by atoms with E-state index in [2.05, 4.69) is 15.9 Å². The van der Waals surface area contributed by atoms with Crippen molar-refractivity contribution in [2.24, 2.45) is 0 Å². The van der Waals surface area contributed by atoms with Crippen molar-refractivity contribution in [1.29, 1.82) is 0 Å². The van der Waals surface area contributed by atoms with Crippen LogP contribution in [-0.4, -0.2) is 10.4 Å². The van der Waals surface area contributed by atoms with Crippen molar-refractivity contribution in [2.45, 2.75) is 6.92 Å². The molecule has 0 aromatic heterocycles. The zero-order chi connectivity index (χ0) is 8.97. The van der Waals surface area contributed by atoms with Crippen molar-refractivity contribution in [3.8, 4) is 5.75 Å². The molecule has 0 spiro atoms. The van der Waals surface area contributed by atoms with Crippen LogP contribution in [0, 0.1) is 6.92 Å². The second kappa shape index (κ2) is 4.31. The molecule has 1 rings (SSSR count). The van der Waals surface area contributed by atoms with Gasteiger partial charge in [-0.25, -0.2) is 0 Å². The predicted octanol–water partition coefficient (Wildman–Crippen LogP) is 3.11. The van der Waals surface area contributed by atoms with Crippen LogP contribution in [0.3, 0.4) is 0 Å². The number of rotatable bonds is 2. The van der Waals surface area contributed by atoms with Crippen LogP contribution >= 0.6 is 15.9 Å². The molecular weight excluding hydrogens is 216 g/mol. The molecule has 0 aliphatic rings. The molecule has 1 aromatic carbocycles. The molecule has 0 aliphatic carbocycles. The molecule has 0 bridgehead atoms. The van der Waals surface area contributed by atoms with E-state index in [1.165, 1.54) is 0 Å². The highest BCUT2D eigenvalue weighted by Gasteiger charge is 1.93. The average Bonchev–Trinajstić information content (AvgIpc) is 2.07. The maximum Gasteiger partial charge on any atom is 0.118 e. The number of phenols is 1. The summed E-state index contributed by atoms with van der Waals surface area (Å²) in [5, 5.41) is 10.1. The molecule has 2 heteroatoms. The van der Waals surface area contributed by atoms with E-state index in [0.29, 0.717) is 5.75 Å². The number of aryl methyl sites for hydroxylation is 1. The zero-order valence-corrected chi connectivity index (χ0v) is 8.51. The molecule has 0 saturated carbocycles. The Hall–Kier alpha value is -0.760. The number of phenolic OH excluding ortho intramolecular Hbond substituents is 1. The summed E-state index contributed by atoms with van der Waals surface area (Å²) in [7, 11) is 0. The lowest BCUT2D eigenvalue weighted by atomic mass is 10.1. The molecule has 0 unspecified atom stereocenters. The maximum absolute atomic E-state index is 9.24. The molecule has 1 nitrogen and oxygen atoms in total. The summed E-state index contributed by atoms with van der Waals surface area (Å²) >= 11 is 3.30. The van der Waals surface area contributed by atoms with E-state index in [9.17, 15) is 5.11 Å². The largest absolute Gasteiger partial charge is 0.508 e. The molecule has 0 fully saturated rings. The summed E-state index contributed by atoms with van der Waals surface area (Å²) in [5.41, 5.74) is 2.02. The standard InChI is InChI=1S/C10H11BrO/c1-8-7-9(3-2-6-11)4-5-10(8)12/h2-5,7,12H,6H2,1H3. The highest BCUT2D eigenvalue weighted by Crippen LogP contribution is 2.17. The lowest BCUT2D eigenvalue weighted by Crippen LogP contribution is -1.77. The van der Waals surface area contributed by atoms with Crippen LogP contribution in [0.4, 0.5) is 0 Å². The van der Waals surface area contributed by atoms with Crippen molar-refractivity contribution < 1.29 is 5.11 Å². The monoisotopic (exact) mass is 226 g/mol. The van der Waals surface area contributed by atoms with Gasteiger partial charge in [0, 0.05) is 5.33 Å². The third kappa shape index (κ3) is 2.38. The number of halogens is 1. The number of benzene rings is 1. The first-order chi connectivity index (χ1) is 5.74. The van der Waals surface area contributed by atoms with E-state index in [0.717, 1.165) is 16.5 Å². The molecule has 0 heterocycles. The highest BCUT2D eigenvalue weighted by molar-refractivity contribution is 9.09. The van der Waals surface area contributed by atoms with Crippen LogP contribution in [0.2, 0.25) is 0 Å². The minimum Gasteiger partial charge on any atom is -0.508 e. The van der Waals surface area contributed by atoms with E-state index < -0.39 is 0 Å². The average molecular weight is 227 g/mol. The van der Waals surface area contributed by atoms with Gasteiger partial charge in [-0.2, -0.15) is 0 Å². The molecule has 0 saturated heterocycles. The van der Waals surface area contributed by atoms with E-state index in [-0.39, 0.29) is 0 Å². The lowest BCUT2D eigenvalue weighted by Gasteiger charge is -1.98. The fourth-order valence-corrected chi connectivity index (χ4v) is 1.15. The van der Waals surface area contributed by atoms with Gasteiger partial charge in [-0.3, -0.25) is 0 Å². The Balaban J connectivity index is 2.89. The normalized spacial score (nSPS) is 10.8. The molecule has 1 N–H and O–H groups in total. The van der Waals surface area contributed by atoms with Gasteiger partial charge in [-0.15, -0.1) is 0 Å². The summed E-state index contributed by atoms with van der Waals surface area (Å²) < 4.78 is 0. The molecule has 1 aromatic rings. The van der Waals surface area contributed by atoms with Crippen molar-refractivity contribution in [1.82, 2.24) is 0 Å². The fraction of sp³-hybridized carbons (Fsp3) is 0.200. The van der Waals surface area contributed by atoms with Gasteiger partial charge in [0.25, 0.3) is 0 Å². The van der Waals surface area contributed by atoms with Gasteiger partial charge in [0.05, 0.1) is 0 Å². The summed E-state index contributed by atoms with van der Waals surface area (Å²) in [6.07, 6.45) is 4.03. The van der Waals surface area contributed by atoms with Gasteiger partial charge in [-0.05, 0) is 30.2 Å². The van der Waals surface area contributed by atoms with Gasteiger partial charge in [0.2, 0.25) is 0 Å². The van der Waals surface area contributed by atoms with Crippen molar-refractivity contribution in [3.05, 3.63) is 35.4 Å². The minimum atomic E-state index is 0.353. The van der Waals surface area contributed by atoms with Crippen LogP contribution in [0.15, 0.2) is 24.3 Å². The fourth-order valence-electron chi connectivity index (χ4n) is 0.963. The van der Waals surface area contributed by atoms with Crippen molar-refractivity contribution >= 4 is 22.0 Å². The zero-order valence-electron chi connectivity index (χ0n) is 6.92. The molecule has 0 amide bonds. The van der Waals surface area contributed by atoms with Gasteiger partial charge >= 0.3 is 0 Å². The van der Waals surface area contributed by atoms with E-state index >= 15 is 0 Å². The van der Waals surface area contributed by atoms with E-state index in [4.69, 9.17) is 0 Å². The number of aromatic hydroxyl groups is 1. The Bertz CT molecular complexity index is 292. The Labute approximate surface area is 80.9 Å². The summed E-state index contributed by atoms with van der Waals surface area (Å²) in [6, 6.07) is 5.55. The smallest absolute Gasteiger partial charge is 0.118 e. The third-order valence-corrected chi connectivity index (χ3v) is 1.99. The van der Waals surface area contributed by atoms with Crippen LogP contribution in [0.25, 0.3) is 6.08 Å². The Kier molecular flexibility index (Phi) is 3.35. The quantitative estimate of drug-likeness (QED) is 0.769. The van der Waals surface area contributed by atoms with Crippen LogP contribution in [0.5, 0.6) is 5.75 Å². The van der Waals surface area contributed by atoms with Gasteiger partial charge in [-0.1, -0.05) is 34.1 Å². The summed E-state index contributed by atoms with van der Waals surface area (Å²) in [4.78, 5) is 0. The number of hydrogen-bond donors (Lipinski definition) is 1. The minimum absolute atomic E-state index is 0.353. The van der Waals surface area contributed by atoms with Crippen molar-refractivity contribution in [2.75, 3.05) is 5.33 Å². The van der Waals surface area contributed by atoms with Crippen molar-refractivity contribution in [3.63, 3.8) is 0 Å². The summed E-state index contributed by atoms with van der Waals surface area (Å²) in [5.74, 6) is 0.353. The number of hydrogen-bond acceptors (Lipinski definition) is 1. The Morgan fingerprint density at radius 3 is 2.83 bits per heavy atom. The molecular formula is C10H11BrO. The Morgan fingerprint density at radius 1 is 1.50 bits per heavy atom. The second-order valence-corrected chi connectivity index (χ2v) is 3.25. The first kappa shape index (κ1) is 9.33. The maximum atomic E-state index is 9.24. The topological polar surface area (TPSA) is 20.2 Å². The predicted molar refractivity (Wildman–Crippen MR) is 55.7 cm³/mol. The van der Waals surface area contributed by atoms with Crippen LogP contribution in [0.1, 0.15) is 11.1 Å². The molecule has 0 atom stereocenters. The molecule has 0 radical (unpaired) electrons. The third-order valence-electron chi connectivity index (χ3n) is 1.62. The first-order valence-corrected chi connectivity index (χ1v) is 4.88. The molecule has 64 valence electrons. The molecule has 0 aliphatic heterocycles. The van der Waals surface area contributed by atoms with Gasteiger partial charge < -0.3 is 5.11 Å². The Morgan fingerprint density at radius 2 is 2.25 bits per heavy atom. The second-order valence-electron chi connectivity index (χ2n) is 2.60. The molecule has 12 heavy (non-hydrogen) atoms. The van der Waals surface area contributed by atoms with E-state index in [1.54, 1.807) is 6.07 Å². The number of allylic oxidation sites excluding steroid dienone is 1. The van der Waals surface area contributed by atoms with E-state index in [1.807, 2.05) is 31.2 Å². The van der Waals surface area contributed by atoms with Gasteiger partial charge in [0.1, 0.15) is 5.75 Å². The SMILES string of the molecule is Cc1cc(C=CCBr)ccc1O. The highest BCUT2D eigenvalue weighted by atomic mass is 79.9. The summed E-state index contributed by atoms with van der Waals surface area (Å²) in [6.45, 7) is 1.89. The van der Waals surface area contributed by atoms with Crippen LogP contribution < -0.4 is 0 Å². The number of alkyl halides is 1. The lowest BCUT2D eigenvalue weighted by molar-refractivity contribution is 0.471. The van der Waals surface area contributed by atoms with Gasteiger partial charge in [0.15, 0.2) is 0 Å². The van der Waals surface area contributed by atoms with Crippen LogP contribution in [-0.2, 0) is 0 Å². The first-order valence-electron chi connectivity index (χ1n) is 3.76.